The summed E-state index contributed by atoms with van der Waals surface area (Å²) >= 11 is 0. The van der Waals surface area contributed by atoms with Gasteiger partial charge in [0.2, 0.25) is 5.91 Å². The van der Waals surface area contributed by atoms with Crippen molar-refractivity contribution in [3.05, 3.63) is 29.6 Å². The molecule has 0 radical (unpaired) electrons. The predicted octanol–water partition coefficient (Wildman–Crippen LogP) is 1.46. The molecule has 19 heavy (non-hydrogen) atoms. The first-order valence-electron chi connectivity index (χ1n) is 6.37. The summed E-state index contributed by atoms with van der Waals surface area (Å²) in [7, 11) is 1.81. The largest absolute Gasteiger partial charge is 0.398 e. The number of carbonyl (C=O) groups excluding carboxylic acids is 1. The molecule has 1 aromatic rings. The summed E-state index contributed by atoms with van der Waals surface area (Å²) in [4.78, 5) is 16.0. The van der Waals surface area contributed by atoms with Gasteiger partial charge in [-0.3, -0.25) is 9.69 Å². The van der Waals surface area contributed by atoms with E-state index in [2.05, 4.69) is 4.90 Å². The number of carbonyl (C=O) groups is 1. The maximum Gasteiger partial charge on any atom is 0.242 e. The lowest BCUT2D eigenvalue weighted by molar-refractivity contribution is -0.147. The van der Waals surface area contributed by atoms with Crippen molar-refractivity contribution in [2.24, 2.45) is 0 Å². The minimum Gasteiger partial charge on any atom is -0.398 e. The van der Waals surface area contributed by atoms with Gasteiger partial charge in [-0.1, -0.05) is 6.07 Å². The van der Waals surface area contributed by atoms with E-state index in [9.17, 15) is 9.18 Å². The van der Waals surface area contributed by atoms with Gasteiger partial charge in [-0.2, -0.15) is 0 Å². The van der Waals surface area contributed by atoms with E-state index in [1.54, 1.807) is 11.0 Å². The molecule has 1 amide bonds. The highest BCUT2D eigenvalue weighted by Gasteiger charge is 2.40. The van der Waals surface area contributed by atoms with Crippen LogP contribution in [0.5, 0.6) is 0 Å². The van der Waals surface area contributed by atoms with Gasteiger partial charge in [-0.05, 0) is 31.5 Å². The molecule has 1 aliphatic rings. The number of piperazine rings is 1. The Morgan fingerprint density at radius 1 is 1.37 bits per heavy atom. The molecule has 1 aromatic carbocycles. The van der Waals surface area contributed by atoms with E-state index in [0.29, 0.717) is 18.8 Å². The zero-order valence-electron chi connectivity index (χ0n) is 11.6. The molecule has 0 bridgehead atoms. The molecule has 0 saturated carbocycles. The number of nitrogens with two attached hydrogens (primary N) is 1. The van der Waals surface area contributed by atoms with Gasteiger partial charge in [-0.15, -0.1) is 0 Å². The third kappa shape index (κ3) is 2.56. The van der Waals surface area contributed by atoms with Crippen molar-refractivity contribution in [2.75, 3.05) is 25.9 Å². The molecule has 1 heterocycles. The second kappa shape index (κ2) is 4.81. The molecule has 2 N–H and O–H groups in total. The van der Waals surface area contributed by atoms with E-state index >= 15 is 0 Å². The van der Waals surface area contributed by atoms with Crippen LogP contribution in [-0.4, -0.2) is 41.4 Å². The lowest BCUT2D eigenvalue weighted by Gasteiger charge is -2.44. The van der Waals surface area contributed by atoms with E-state index < -0.39 is 5.54 Å². The highest BCUT2D eigenvalue weighted by molar-refractivity contribution is 5.86. The zero-order valence-corrected chi connectivity index (χ0v) is 11.6. The third-order valence-corrected chi connectivity index (χ3v) is 3.84. The Morgan fingerprint density at radius 3 is 2.68 bits per heavy atom. The maximum absolute atomic E-state index is 13.0. The van der Waals surface area contributed by atoms with E-state index in [4.69, 9.17) is 5.73 Å². The average molecular weight is 265 g/mol. The smallest absolute Gasteiger partial charge is 0.242 e. The van der Waals surface area contributed by atoms with Gasteiger partial charge >= 0.3 is 0 Å². The molecule has 0 atom stereocenters. The number of benzene rings is 1. The lowest BCUT2D eigenvalue weighted by atomic mass is 9.96. The van der Waals surface area contributed by atoms with Crippen molar-refractivity contribution in [1.82, 2.24) is 9.80 Å². The minimum absolute atomic E-state index is 0.0967. The molecule has 2 rings (SSSR count). The normalized spacial score (nSPS) is 19.8. The van der Waals surface area contributed by atoms with Crippen LogP contribution in [0, 0.1) is 5.82 Å². The number of hydrogen-bond donors (Lipinski definition) is 1. The minimum atomic E-state index is -0.562. The Bertz CT molecular complexity index is 501. The van der Waals surface area contributed by atoms with Gasteiger partial charge < -0.3 is 10.6 Å². The Labute approximate surface area is 113 Å². The monoisotopic (exact) mass is 265 g/mol. The van der Waals surface area contributed by atoms with E-state index in [0.717, 1.165) is 12.1 Å². The number of rotatable bonds is 2. The van der Waals surface area contributed by atoms with Crippen LogP contribution in [0.1, 0.15) is 19.4 Å². The summed E-state index contributed by atoms with van der Waals surface area (Å²) in [5.41, 5.74) is 6.55. The molecule has 4 nitrogen and oxygen atoms in total. The van der Waals surface area contributed by atoms with Crippen molar-refractivity contribution < 1.29 is 9.18 Å². The molecule has 1 aliphatic heterocycles. The van der Waals surface area contributed by atoms with Crippen molar-refractivity contribution in [3.8, 4) is 0 Å². The topological polar surface area (TPSA) is 49.6 Å². The number of halogens is 1. The van der Waals surface area contributed by atoms with Crippen LogP contribution >= 0.6 is 0 Å². The number of likely N-dealkylation sites (N-methyl/N-ethyl adjacent to an activating group) is 1. The Balaban J connectivity index is 2.21. The zero-order chi connectivity index (χ0) is 14.2. The number of anilines is 1. The Hall–Kier alpha value is -1.62. The summed E-state index contributed by atoms with van der Waals surface area (Å²) in [6.07, 6.45) is 0. The lowest BCUT2D eigenvalue weighted by Crippen LogP contribution is -2.61. The second-order valence-electron chi connectivity index (χ2n) is 5.55. The number of amides is 1. The fourth-order valence-corrected chi connectivity index (χ4v) is 2.45. The van der Waals surface area contributed by atoms with Crippen LogP contribution in [0.2, 0.25) is 0 Å². The molecule has 104 valence electrons. The first-order chi connectivity index (χ1) is 8.82. The summed E-state index contributed by atoms with van der Waals surface area (Å²) < 4.78 is 13.0. The molecule has 0 aromatic heterocycles. The van der Waals surface area contributed by atoms with Gasteiger partial charge in [0, 0.05) is 32.4 Å². The Morgan fingerprint density at radius 2 is 2.05 bits per heavy atom. The van der Waals surface area contributed by atoms with Gasteiger partial charge in [0.15, 0.2) is 0 Å². The first-order valence-corrected chi connectivity index (χ1v) is 6.37. The number of hydrogen-bond acceptors (Lipinski definition) is 3. The van der Waals surface area contributed by atoms with Crippen molar-refractivity contribution in [3.63, 3.8) is 0 Å². The van der Waals surface area contributed by atoms with Crippen LogP contribution in [0.3, 0.4) is 0 Å². The van der Waals surface area contributed by atoms with Crippen molar-refractivity contribution in [1.29, 1.82) is 0 Å². The molecular formula is C14H20FN3O. The molecule has 5 heteroatoms. The average Bonchev–Trinajstić information content (AvgIpc) is 2.33. The second-order valence-corrected chi connectivity index (χ2v) is 5.55. The summed E-state index contributed by atoms with van der Waals surface area (Å²) in [5, 5.41) is 0. The standard InChI is InChI=1S/C14H20FN3O/c1-14(2)13(19)17(3)6-7-18(14)9-10-4-5-11(15)8-12(10)16/h4-5,8H,6-7,9,16H2,1-3H3. The highest BCUT2D eigenvalue weighted by Crippen LogP contribution is 2.25. The molecule has 1 saturated heterocycles. The predicted molar refractivity (Wildman–Crippen MR) is 72.9 cm³/mol. The molecule has 0 aliphatic carbocycles. The molecule has 1 fully saturated rings. The molecule has 0 unspecified atom stereocenters. The van der Waals surface area contributed by atoms with Gasteiger partial charge in [0.05, 0.1) is 5.54 Å². The quantitative estimate of drug-likeness (QED) is 0.824. The van der Waals surface area contributed by atoms with Gasteiger partial charge in [0.25, 0.3) is 0 Å². The molecular weight excluding hydrogens is 245 g/mol. The number of nitrogen functional groups attached to an aromatic ring is 1. The Kier molecular flexibility index (Phi) is 3.49. The first kappa shape index (κ1) is 13.8. The van der Waals surface area contributed by atoms with Crippen molar-refractivity contribution >= 4 is 11.6 Å². The SMILES string of the molecule is CN1CCN(Cc2ccc(F)cc2N)C(C)(C)C1=O. The van der Waals surface area contributed by atoms with Crippen LogP contribution in [0.15, 0.2) is 18.2 Å². The van der Waals surface area contributed by atoms with E-state index in [1.807, 2.05) is 20.9 Å². The summed E-state index contributed by atoms with van der Waals surface area (Å²) in [5.74, 6) is -0.241. The van der Waals surface area contributed by atoms with Crippen LogP contribution in [-0.2, 0) is 11.3 Å². The molecule has 0 spiro atoms. The summed E-state index contributed by atoms with van der Waals surface area (Å²) in [6.45, 7) is 5.85. The fourth-order valence-electron chi connectivity index (χ4n) is 2.45. The fraction of sp³-hybridized carbons (Fsp3) is 0.500. The third-order valence-electron chi connectivity index (χ3n) is 3.84. The van der Waals surface area contributed by atoms with Gasteiger partial charge in [0.1, 0.15) is 5.82 Å². The van der Waals surface area contributed by atoms with Crippen LogP contribution < -0.4 is 5.73 Å². The van der Waals surface area contributed by atoms with Crippen LogP contribution in [0.4, 0.5) is 10.1 Å². The van der Waals surface area contributed by atoms with Crippen molar-refractivity contribution in [2.45, 2.75) is 25.9 Å². The van der Waals surface area contributed by atoms with E-state index in [-0.39, 0.29) is 11.7 Å². The summed E-state index contributed by atoms with van der Waals surface area (Å²) in [6, 6.07) is 4.40. The van der Waals surface area contributed by atoms with Gasteiger partial charge in [-0.25, -0.2) is 4.39 Å². The van der Waals surface area contributed by atoms with Crippen LogP contribution in [0.25, 0.3) is 0 Å². The number of nitrogens with zero attached hydrogens (tertiary/aromatic N) is 2. The highest BCUT2D eigenvalue weighted by atomic mass is 19.1. The van der Waals surface area contributed by atoms with E-state index in [1.165, 1.54) is 12.1 Å². The maximum atomic E-state index is 13.0.